The highest BCUT2D eigenvalue weighted by atomic mass is 19.4. The Morgan fingerprint density at radius 2 is 2.08 bits per heavy atom. The van der Waals surface area contributed by atoms with Crippen LogP contribution in [0.2, 0.25) is 0 Å². The van der Waals surface area contributed by atoms with Gasteiger partial charge in [0.15, 0.2) is 5.75 Å². The predicted octanol–water partition coefficient (Wildman–Crippen LogP) is 1.87. The SMILES string of the molecule is Cc1ncc(N)cc1OC(F)(F)F. The van der Waals surface area contributed by atoms with E-state index in [4.69, 9.17) is 5.73 Å². The van der Waals surface area contributed by atoms with E-state index in [1.165, 1.54) is 13.1 Å². The topological polar surface area (TPSA) is 48.1 Å². The molecule has 0 saturated heterocycles. The number of hydrogen-bond acceptors (Lipinski definition) is 3. The van der Waals surface area contributed by atoms with Crippen LogP contribution in [0.4, 0.5) is 18.9 Å². The fourth-order valence-electron chi connectivity index (χ4n) is 0.756. The van der Waals surface area contributed by atoms with Gasteiger partial charge in [-0.05, 0) is 6.92 Å². The Hall–Kier alpha value is -1.46. The van der Waals surface area contributed by atoms with E-state index in [1.807, 2.05) is 0 Å². The van der Waals surface area contributed by atoms with E-state index in [2.05, 4.69) is 9.72 Å². The van der Waals surface area contributed by atoms with Crippen molar-refractivity contribution in [3.63, 3.8) is 0 Å². The molecule has 0 aliphatic rings. The largest absolute Gasteiger partial charge is 0.573 e. The number of alkyl halides is 3. The Labute approximate surface area is 72.3 Å². The van der Waals surface area contributed by atoms with Crippen molar-refractivity contribution in [2.45, 2.75) is 13.3 Å². The van der Waals surface area contributed by atoms with Crippen LogP contribution < -0.4 is 10.5 Å². The van der Waals surface area contributed by atoms with Crippen molar-refractivity contribution in [1.82, 2.24) is 4.98 Å². The van der Waals surface area contributed by atoms with Gasteiger partial charge >= 0.3 is 6.36 Å². The van der Waals surface area contributed by atoms with Crippen LogP contribution in [0.15, 0.2) is 12.3 Å². The average Bonchev–Trinajstić information content (AvgIpc) is 1.94. The standard InChI is InChI=1S/C7H7F3N2O/c1-4-6(13-7(8,9)10)2-5(11)3-12-4/h2-3H,11H2,1H3. The zero-order valence-electron chi connectivity index (χ0n) is 6.72. The van der Waals surface area contributed by atoms with Crippen molar-refractivity contribution >= 4 is 5.69 Å². The molecule has 0 unspecified atom stereocenters. The molecule has 1 aromatic heterocycles. The lowest BCUT2D eigenvalue weighted by Gasteiger charge is -2.10. The summed E-state index contributed by atoms with van der Waals surface area (Å²) in [5, 5.41) is 0. The van der Waals surface area contributed by atoms with Gasteiger partial charge in [-0.2, -0.15) is 0 Å². The van der Waals surface area contributed by atoms with Gasteiger partial charge in [0.2, 0.25) is 0 Å². The summed E-state index contributed by atoms with van der Waals surface area (Å²) in [5.74, 6) is -0.368. The van der Waals surface area contributed by atoms with E-state index < -0.39 is 6.36 Å². The predicted molar refractivity (Wildman–Crippen MR) is 40.1 cm³/mol. The van der Waals surface area contributed by atoms with Crippen molar-refractivity contribution < 1.29 is 17.9 Å². The highest BCUT2D eigenvalue weighted by Gasteiger charge is 2.31. The summed E-state index contributed by atoms with van der Waals surface area (Å²) in [4.78, 5) is 3.61. The highest BCUT2D eigenvalue weighted by molar-refractivity contribution is 5.43. The molecule has 3 nitrogen and oxygen atoms in total. The van der Waals surface area contributed by atoms with Crippen LogP contribution in [0.5, 0.6) is 5.75 Å². The van der Waals surface area contributed by atoms with E-state index in [9.17, 15) is 13.2 Å². The summed E-state index contributed by atoms with van der Waals surface area (Å²) < 4.78 is 39.0. The molecular weight excluding hydrogens is 185 g/mol. The maximum atomic E-state index is 11.8. The Balaban J connectivity index is 2.94. The average molecular weight is 192 g/mol. The molecule has 0 spiro atoms. The zero-order chi connectivity index (χ0) is 10.1. The molecule has 0 aliphatic heterocycles. The quantitative estimate of drug-likeness (QED) is 0.738. The van der Waals surface area contributed by atoms with Gasteiger partial charge in [0.05, 0.1) is 17.6 Å². The molecule has 0 radical (unpaired) electrons. The number of rotatable bonds is 1. The number of nitrogens with two attached hydrogens (primary N) is 1. The molecule has 0 aromatic carbocycles. The van der Waals surface area contributed by atoms with Gasteiger partial charge in [-0.15, -0.1) is 13.2 Å². The molecule has 0 aliphatic carbocycles. The van der Waals surface area contributed by atoms with Crippen LogP contribution in [0, 0.1) is 6.92 Å². The Bertz CT molecular complexity index is 311. The normalized spacial score (nSPS) is 11.4. The fourth-order valence-corrected chi connectivity index (χ4v) is 0.756. The lowest BCUT2D eigenvalue weighted by atomic mass is 10.3. The Morgan fingerprint density at radius 1 is 1.46 bits per heavy atom. The Kier molecular flexibility index (Phi) is 2.31. The number of anilines is 1. The molecule has 1 rings (SSSR count). The molecule has 0 fully saturated rings. The van der Waals surface area contributed by atoms with Crippen molar-refractivity contribution in [3.05, 3.63) is 18.0 Å². The maximum Gasteiger partial charge on any atom is 0.573 e. The van der Waals surface area contributed by atoms with Gasteiger partial charge in [0.1, 0.15) is 0 Å². The monoisotopic (exact) mass is 192 g/mol. The summed E-state index contributed by atoms with van der Waals surface area (Å²) >= 11 is 0. The molecule has 1 heterocycles. The van der Waals surface area contributed by atoms with Gasteiger partial charge in [0.25, 0.3) is 0 Å². The molecular formula is C7H7F3N2O. The van der Waals surface area contributed by atoms with E-state index in [0.29, 0.717) is 0 Å². The number of aromatic nitrogens is 1. The van der Waals surface area contributed by atoms with Crippen molar-refractivity contribution in [1.29, 1.82) is 0 Å². The second-order valence-corrected chi connectivity index (χ2v) is 2.40. The molecule has 1 aromatic rings. The number of hydrogen-bond donors (Lipinski definition) is 1. The second kappa shape index (κ2) is 3.12. The van der Waals surface area contributed by atoms with E-state index in [0.717, 1.165) is 6.07 Å². The zero-order valence-corrected chi connectivity index (χ0v) is 6.72. The van der Waals surface area contributed by atoms with Crippen molar-refractivity contribution in [2.75, 3.05) is 5.73 Å². The molecule has 2 N–H and O–H groups in total. The van der Waals surface area contributed by atoms with Gasteiger partial charge in [-0.3, -0.25) is 4.98 Å². The summed E-state index contributed by atoms with van der Waals surface area (Å²) in [6, 6.07) is 1.08. The first-order valence-corrected chi connectivity index (χ1v) is 3.36. The van der Waals surface area contributed by atoms with Gasteiger partial charge in [-0.1, -0.05) is 0 Å². The molecule has 0 amide bonds. The third kappa shape index (κ3) is 2.81. The molecule has 72 valence electrons. The molecule has 6 heteroatoms. The minimum absolute atomic E-state index is 0.129. The van der Waals surface area contributed by atoms with Crippen LogP contribution >= 0.6 is 0 Å². The number of ether oxygens (including phenoxy) is 1. The first kappa shape index (κ1) is 9.63. The Morgan fingerprint density at radius 3 is 2.62 bits per heavy atom. The van der Waals surface area contributed by atoms with Crippen LogP contribution in [-0.4, -0.2) is 11.3 Å². The van der Waals surface area contributed by atoms with Gasteiger partial charge in [0, 0.05) is 6.07 Å². The van der Waals surface area contributed by atoms with Crippen molar-refractivity contribution in [3.8, 4) is 5.75 Å². The minimum atomic E-state index is -4.71. The number of halogens is 3. The molecule has 0 atom stereocenters. The van der Waals surface area contributed by atoms with Crippen LogP contribution in [0.1, 0.15) is 5.69 Å². The summed E-state index contributed by atoms with van der Waals surface area (Å²) in [7, 11) is 0. The smallest absolute Gasteiger partial charge is 0.404 e. The molecule has 13 heavy (non-hydrogen) atoms. The van der Waals surface area contributed by atoms with Crippen LogP contribution in [0.25, 0.3) is 0 Å². The minimum Gasteiger partial charge on any atom is -0.404 e. The second-order valence-electron chi connectivity index (χ2n) is 2.40. The molecule has 0 saturated carbocycles. The van der Waals surface area contributed by atoms with Gasteiger partial charge in [-0.25, -0.2) is 0 Å². The number of nitrogen functional groups attached to an aromatic ring is 1. The summed E-state index contributed by atoms with van der Waals surface area (Å²) in [6.07, 6.45) is -3.45. The van der Waals surface area contributed by atoms with Crippen LogP contribution in [-0.2, 0) is 0 Å². The van der Waals surface area contributed by atoms with E-state index in [1.54, 1.807) is 0 Å². The lowest BCUT2D eigenvalue weighted by molar-refractivity contribution is -0.274. The van der Waals surface area contributed by atoms with Crippen LogP contribution in [0.3, 0.4) is 0 Å². The first-order valence-electron chi connectivity index (χ1n) is 3.36. The summed E-state index contributed by atoms with van der Waals surface area (Å²) in [6.45, 7) is 1.40. The molecule has 0 bridgehead atoms. The van der Waals surface area contributed by atoms with E-state index >= 15 is 0 Å². The first-order chi connectivity index (χ1) is 5.88. The van der Waals surface area contributed by atoms with Crippen molar-refractivity contribution in [2.24, 2.45) is 0 Å². The number of aryl methyl sites for hydroxylation is 1. The fraction of sp³-hybridized carbons (Fsp3) is 0.286. The van der Waals surface area contributed by atoms with Gasteiger partial charge < -0.3 is 10.5 Å². The summed E-state index contributed by atoms with van der Waals surface area (Å²) in [5.41, 5.74) is 5.51. The number of pyridine rings is 1. The highest BCUT2D eigenvalue weighted by Crippen LogP contribution is 2.25. The number of nitrogens with zero attached hydrogens (tertiary/aromatic N) is 1. The third-order valence-electron chi connectivity index (χ3n) is 1.29. The van der Waals surface area contributed by atoms with E-state index in [-0.39, 0.29) is 17.1 Å². The maximum absolute atomic E-state index is 11.8. The third-order valence-corrected chi connectivity index (χ3v) is 1.29. The lowest BCUT2D eigenvalue weighted by Crippen LogP contribution is -2.18.